The first-order valence-electron chi connectivity index (χ1n) is 6.55. The van der Waals surface area contributed by atoms with E-state index in [2.05, 4.69) is 4.98 Å². The molecule has 0 aliphatic carbocycles. The number of benzene rings is 1. The molecule has 0 fully saturated rings. The summed E-state index contributed by atoms with van der Waals surface area (Å²) in [6.45, 7) is 0. The minimum absolute atomic E-state index is 0.104. The lowest BCUT2D eigenvalue weighted by Gasteiger charge is -2.12. The number of carbonyl (C=O) groups is 1. The fourth-order valence-corrected chi connectivity index (χ4v) is 1.83. The summed E-state index contributed by atoms with van der Waals surface area (Å²) in [7, 11) is 0. The topological polar surface area (TPSA) is 85.4 Å². The fourth-order valence-electron chi connectivity index (χ4n) is 1.83. The zero-order chi connectivity index (χ0) is 17.0. The molecule has 1 aromatic heterocycles. The van der Waals surface area contributed by atoms with E-state index in [-0.39, 0.29) is 12.2 Å². The number of aromatic nitrogens is 1. The number of hydrogen-bond donors (Lipinski definition) is 2. The minimum atomic E-state index is -4.57. The molecule has 0 unspecified atom stereocenters. The van der Waals surface area contributed by atoms with Crippen LogP contribution in [-0.4, -0.2) is 22.1 Å². The Bertz CT molecular complexity index is 687. The van der Waals surface area contributed by atoms with Crippen LogP contribution in [0.15, 0.2) is 42.6 Å². The standard InChI is InChI=1S/C15H13F3N2O3/c16-15(17,18)11-2-1-7-20-13(11)23-10-5-3-9(4-6-10)8-12(19)14(21)22/h1-7,12H,8,19H2,(H,21,22)/t12-/m0/s1. The van der Waals surface area contributed by atoms with Crippen molar-refractivity contribution in [2.45, 2.75) is 18.6 Å². The predicted molar refractivity (Wildman–Crippen MR) is 75.1 cm³/mol. The van der Waals surface area contributed by atoms with Crippen molar-refractivity contribution in [3.8, 4) is 11.6 Å². The Balaban J connectivity index is 2.15. The minimum Gasteiger partial charge on any atom is -0.480 e. The first-order valence-corrected chi connectivity index (χ1v) is 6.55. The van der Waals surface area contributed by atoms with Gasteiger partial charge in [0.25, 0.3) is 0 Å². The summed E-state index contributed by atoms with van der Waals surface area (Å²) in [6, 6.07) is 6.93. The third-order valence-corrected chi connectivity index (χ3v) is 2.99. The van der Waals surface area contributed by atoms with E-state index in [9.17, 15) is 18.0 Å². The number of nitrogens with zero attached hydrogens (tertiary/aromatic N) is 1. The number of carboxylic acids is 1. The molecule has 2 aromatic rings. The normalized spacial score (nSPS) is 12.7. The molecular weight excluding hydrogens is 313 g/mol. The van der Waals surface area contributed by atoms with E-state index in [0.717, 1.165) is 6.07 Å². The van der Waals surface area contributed by atoms with Crippen molar-refractivity contribution in [2.24, 2.45) is 5.73 Å². The zero-order valence-corrected chi connectivity index (χ0v) is 11.7. The molecule has 0 amide bonds. The quantitative estimate of drug-likeness (QED) is 0.882. The van der Waals surface area contributed by atoms with Crippen molar-refractivity contribution >= 4 is 5.97 Å². The Morgan fingerprint density at radius 2 is 1.91 bits per heavy atom. The van der Waals surface area contributed by atoms with Crippen LogP contribution in [0.25, 0.3) is 0 Å². The van der Waals surface area contributed by atoms with Crippen molar-refractivity contribution in [3.63, 3.8) is 0 Å². The van der Waals surface area contributed by atoms with Gasteiger partial charge in [0.05, 0.1) is 0 Å². The summed E-state index contributed by atoms with van der Waals surface area (Å²) in [6.07, 6.45) is -3.27. The second kappa shape index (κ2) is 6.66. The molecule has 1 aromatic carbocycles. The average Bonchev–Trinajstić information content (AvgIpc) is 2.48. The van der Waals surface area contributed by atoms with E-state index >= 15 is 0 Å². The predicted octanol–water partition coefficient (Wildman–Crippen LogP) is 2.85. The number of aliphatic carboxylic acids is 1. The molecule has 0 aliphatic rings. The van der Waals surface area contributed by atoms with Gasteiger partial charge in [0.1, 0.15) is 17.4 Å². The van der Waals surface area contributed by atoms with Gasteiger partial charge in [-0.1, -0.05) is 12.1 Å². The average molecular weight is 326 g/mol. The van der Waals surface area contributed by atoms with Gasteiger partial charge in [-0.25, -0.2) is 4.98 Å². The lowest BCUT2D eigenvalue weighted by Crippen LogP contribution is -2.32. The van der Waals surface area contributed by atoms with Gasteiger partial charge in [0, 0.05) is 6.20 Å². The summed E-state index contributed by atoms with van der Waals surface area (Å²) < 4.78 is 43.7. The van der Waals surface area contributed by atoms with Gasteiger partial charge in [-0.2, -0.15) is 13.2 Å². The molecular formula is C15H13F3N2O3. The van der Waals surface area contributed by atoms with Crippen LogP contribution >= 0.6 is 0 Å². The second-order valence-electron chi connectivity index (χ2n) is 4.75. The van der Waals surface area contributed by atoms with Gasteiger partial charge in [-0.15, -0.1) is 0 Å². The van der Waals surface area contributed by atoms with Crippen molar-refractivity contribution in [1.82, 2.24) is 4.98 Å². The third kappa shape index (κ3) is 4.43. The highest BCUT2D eigenvalue weighted by Gasteiger charge is 2.35. The summed E-state index contributed by atoms with van der Waals surface area (Å²) in [5, 5.41) is 8.74. The Hall–Kier alpha value is -2.61. The molecule has 23 heavy (non-hydrogen) atoms. The highest BCUT2D eigenvalue weighted by molar-refractivity contribution is 5.73. The van der Waals surface area contributed by atoms with Gasteiger partial charge in [0.2, 0.25) is 5.88 Å². The summed E-state index contributed by atoms with van der Waals surface area (Å²) in [4.78, 5) is 14.3. The molecule has 122 valence electrons. The highest BCUT2D eigenvalue weighted by atomic mass is 19.4. The summed E-state index contributed by atoms with van der Waals surface area (Å²) in [5.74, 6) is -1.52. The molecule has 0 bridgehead atoms. The Morgan fingerprint density at radius 3 is 2.48 bits per heavy atom. The molecule has 0 saturated heterocycles. The lowest BCUT2D eigenvalue weighted by molar-refractivity contribution is -0.139. The van der Waals surface area contributed by atoms with E-state index in [4.69, 9.17) is 15.6 Å². The van der Waals surface area contributed by atoms with Crippen molar-refractivity contribution in [3.05, 3.63) is 53.7 Å². The largest absolute Gasteiger partial charge is 0.480 e. The van der Waals surface area contributed by atoms with Crippen LogP contribution in [0.5, 0.6) is 11.6 Å². The van der Waals surface area contributed by atoms with Gasteiger partial charge in [-0.3, -0.25) is 4.79 Å². The van der Waals surface area contributed by atoms with Crippen LogP contribution in [0.1, 0.15) is 11.1 Å². The maximum absolute atomic E-state index is 12.8. The van der Waals surface area contributed by atoms with E-state index in [0.29, 0.717) is 5.56 Å². The smallest absolute Gasteiger partial charge is 0.421 e. The van der Waals surface area contributed by atoms with E-state index in [1.807, 2.05) is 0 Å². The van der Waals surface area contributed by atoms with Gasteiger partial charge < -0.3 is 15.6 Å². The van der Waals surface area contributed by atoms with Crippen molar-refractivity contribution in [2.75, 3.05) is 0 Å². The van der Waals surface area contributed by atoms with Gasteiger partial charge in [-0.05, 0) is 36.2 Å². The van der Waals surface area contributed by atoms with Crippen LogP contribution in [0.3, 0.4) is 0 Å². The van der Waals surface area contributed by atoms with Crippen LogP contribution < -0.4 is 10.5 Å². The molecule has 8 heteroatoms. The zero-order valence-electron chi connectivity index (χ0n) is 11.7. The molecule has 0 aliphatic heterocycles. The first-order chi connectivity index (χ1) is 10.8. The maximum atomic E-state index is 12.8. The SMILES string of the molecule is N[C@@H](Cc1ccc(Oc2ncccc2C(F)(F)F)cc1)C(=O)O. The van der Waals surface area contributed by atoms with E-state index in [1.165, 1.54) is 36.5 Å². The fraction of sp³-hybridized carbons (Fsp3) is 0.200. The molecule has 1 heterocycles. The number of alkyl halides is 3. The molecule has 2 rings (SSSR count). The Labute approximate surface area is 129 Å². The third-order valence-electron chi connectivity index (χ3n) is 2.99. The van der Waals surface area contributed by atoms with Gasteiger partial charge in [0.15, 0.2) is 0 Å². The number of nitrogens with two attached hydrogens (primary N) is 1. The number of pyridine rings is 1. The molecule has 1 atom stereocenters. The number of rotatable bonds is 5. The summed E-state index contributed by atoms with van der Waals surface area (Å²) in [5.41, 5.74) is 5.07. The first kappa shape index (κ1) is 16.8. The number of hydrogen-bond acceptors (Lipinski definition) is 4. The molecule has 5 nitrogen and oxygen atoms in total. The highest BCUT2D eigenvalue weighted by Crippen LogP contribution is 2.36. The maximum Gasteiger partial charge on any atom is 0.421 e. The van der Waals surface area contributed by atoms with Crippen LogP contribution in [-0.2, 0) is 17.4 Å². The monoisotopic (exact) mass is 326 g/mol. The van der Waals surface area contributed by atoms with E-state index in [1.54, 1.807) is 0 Å². The molecule has 0 saturated carbocycles. The molecule has 0 radical (unpaired) electrons. The molecule has 3 N–H and O–H groups in total. The van der Waals surface area contributed by atoms with Crippen molar-refractivity contribution < 1.29 is 27.8 Å². The lowest BCUT2D eigenvalue weighted by atomic mass is 10.1. The van der Waals surface area contributed by atoms with E-state index < -0.39 is 29.6 Å². The van der Waals surface area contributed by atoms with Gasteiger partial charge >= 0.3 is 12.1 Å². The number of halogens is 3. The van der Waals surface area contributed by atoms with Crippen LogP contribution in [0.2, 0.25) is 0 Å². The summed E-state index contributed by atoms with van der Waals surface area (Å²) >= 11 is 0. The Morgan fingerprint density at radius 1 is 1.26 bits per heavy atom. The Kier molecular flexibility index (Phi) is 4.85. The second-order valence-corrected chi connectivity index (χ2v) is 4.75. The molecule has 0 spiro atoms. The van der Waals surface area contributed by atoms with Crippen LogP contribution in [0, 0.1) is 0 Å². The van der Waals surface area contributed by atoms with Crippen molar-refractivity contribution in [1.29, 1.82) is 0 Å². The number of carboxylic acid groups (broad SMARTS) is 1. The number of ether oxygens (including phenoxy) is 1. The van der Waals surface area contributed by atoms with Crippen LogP contribution in [0.4, 0.5) is 13.2 Å².